The smallest absolute Gasteiger partial charge is 0.341 e. The molecule has 2 aromatic rings. The maximum Gasteiger partial charge on any atom is 0.341 e. The summed E-state index contributed by atoms with van der Waals surface area (Å²) in [4.78, 5) is 26.4. The number of hydrogen-bond acceptors (Lipinski definition) is 5. The second kappa shape index (κ2) is 9.18. The van der Waals surface area contributed by atoms with Crippen molar-refractivity contribution in [3.05, 3.63) is 44.8 Å². The zero-order valence-electron chi connectivity index (χ0n) is 17.1. The number of aryl methyl sites for hydroxylation is 1. The minimum Gasteiger partial charge on any atom is -0.483 e. The van der Waals surface area contributed by atoms with E-state index in [0.717, 1.165) is 35.3 Å². The number of halogens is 1. The lowest BCUT2D eigenvalue weighted by Crippen LogP contribution is -2.22. The monoisotopic (exact) mass is 435 g/mol. The normalized spacial score (nSPS) is 15.7. The predicted molar refractivity (Wildman–Crippen MR) is 116 cm³/mol. The molecule has 0 aliphatic heterocycles. The molecular formula is C22H26ClNO4S. The van der Waals surface area contributed by atoms with Gasteiger partial charge in [-0.25, -0.2) is 4.79 Å². The van der Waals surface area contributed by atoms with Crippen LogP contribution in [0.2, 0.25) is 5.02 Å². The van der Waals surface area contributed by atoms with Crippen molar-refractivity contribution in [1.82, 2.24) is 0 Å². The standard InChI is InChI=1S/C22H26ClNO4S/c1-12(2)28-22(26)20-16-7-5-13(3)9-18(16)29-21(20)24-19(25)11-27-17-8-6-15(23)10-14(17)4/h6,8,10,12-13H,5,7,9,11H2,1-4H3,(H,24,25)/t13-/m0/s1. The third-order valence-corrected chi connectivity index (χ3v) is 6.21. The number of esters is 1. The summed E-state index contributed by atoms with van der Waals surface area (Å²) in [6.45, 7) is 7.56. The van der Waals surface area contributed by atoms with Gasteiger partial charge in [-0.2, -0.15) is 0 Å². The van der Waals surface area contributed by atoms with Crippen molar-refractivity contribution < 1.29 is 19.1 Å². The van der Waals surface area contributed by atoms with E-state index >= 15 is 0 Å². The summed E-state index contributed by atoms with van der Waals surface area (Å²) in [5.41, 5.74) is 2.37. The third kappa shape index (κ3) is 5.31. The van der Waals surface area contributed by atoms with E-state index in [0.29, 0.717) is 27.3 Å². The molecule has 0 unspecified atom stereocenters. The van der Waals surface area contributed by atoms with E-state index in [4.69, 9.17) is 21.1 Å². The maximum atomic E-state index is 12.7. The lowest BCUT2D eigenvalue weighted by molar-refractivity contribution is -0.118. The fourth-order valence-electron chi connectivity index (χ4n) is 3.41. The lowest BCUT2D eigenvalue weighted by atomic mass is 9.88. The van der Waals surface area contributed by atoms with E-state index in [1.54, 1.807) is 18.2 Å². The zero-order valence-corrected chi connectivity index (χ0v) is 18.7. The largest absolute Gasteiger partial charge is 0.483 e. The predicted octanol–water partition coefficient (Wildman–Crippen LogP) is 5.42. The molecule has 3 rings (SSSR count). The van der Waals surface area contributed by atoms with Crippen LogP contribution in [0.15, 0.2) is 18.2 Å². The average Bonchev–Trinajstić information content (AvgIpc) is 2.97. The van der Waals surface area contributed by atoms with Gasteiger partial charge in [-0.05, 0) is 75.3 Å². The number of carbonyl (C=O) groups is 2. The molecule has 1 heterocycles. The molecule has 29 heavy (non-hydrogen) atoms. The molecule has 156 valence electrons. The van der Waals surface area contributed by atoms with Gasteiger partial charge in [0.05, 0.1) is 11.7 Å². The molecule has 1 aromatic heterocycles. The first kappa shape index (κ1) is 21.7. The van der Waals surface area contributed by atoms with Gasteiger partial charge in [-0.15, -0.1) is 11.3 Å². The highest BCUT2D eigenvalue weighted by Crippen LogP contribution is 2.40. The fourth-order valence-corrected chi connectivity index (χ4v) is 5.05. The van der Waals surface area contributed by atoms with Crippen LogP contribution in [0.25, 0.3) is 0 Å². The Kier molecular flexibility index (Phi) is 6.85. The Morgan fingerprint density at radius 2 is 2.10 bits per heavy atom. The highest BCUT2D eigenvalue weighted by molar-refractivity contribution is 7.17. The summed E-state index contributed by atoms with van der Waals surface area (Å²) in [5, 5.41) is 4.03. The molecule has 0 fully saturated rings. The lowest BCUT2D eigenvalue weighted by Gasteiger charge is -2.18. The van der Waals surface area contributed by atoms with E-state index < -0.39 is 0 Å². The molecular weight excluding hydrogens is 410 g/mol. The maximum absolute atomic E-state index is 12.7. The molecule has 0 saturated carbocycles. The molecule has 1 atom stereocenters. The number of hydrogen-bond donors (Lipinski definition) is 1. The van der Waals surface area contributed by atoms with Gasteiger partial charge >= 0.3 is 5.97 Å². The van der Waals surface area contributed by atoms with Crippen LogP contribution in [0.4, 0.5) is 5.00 Å². The summed E-state index contributed by atoms with van der Waals surface area (Å²) in [7, 11) is 0. The van der Waals surface area contributed by atoms with Crippen molar-refractivity contribution >= 4 is 39.8 Å². The summed E-state index contributed by atoms with van der Waals surface area (Å²) in [6.07, 6.45) is 2.54. The summed E-state index contributed by atoms with van der Waals surface area (Å²) in [6, 6.07) is 5.24. The number of fused-ring (bicyclic) bond motifs is 1. The quantitative estimate of drug-likeness (QED) is 0.615. The Bertz CT molecular complexity index is 922. The van der Waals surface area contributed by atoms with E-state index in [2.05, 4.69) is 12.2 Å². The fraction of sp³-hybridized carbons (Fsp3) is 0.455. The van der Waals surface area contributed by atoms with Crippen LogP contribution in [-0.4, -0.2) is 24.6 Å². The van der Waals surface area contributed by atoms with Gasteiger partial charge in [0.25, 0.3) is 5.91 Å². The van der Waals surface area contributed by atoms with E-state index in [9.17, 15) is 9.59 Å². The first-order valence-electron chi connectivity index (χ1n) is 9.79. The van der Waals surface area contributed by atoms with Crippen molar-refractivity contribution in [2.75, 3.05) is 11.9 Å². The van der Waals surface area contributed by atoms with Gasteiger partial charge in [-0.1, -0.05) is 18.5 Å². The van der Waals surface area contributed by atoms with Crippen molar-refractivity contribution in [1.29, 1.82) is 0 Å². The van der Waals surface area contributed by atoms with Crippen LogP contribution < -0.4 is 10.1 Å². The minimum atomic E-state index is -0.378. The SMILES string of the molecule is Cc1cc(Cl)ccc1OCC(=O)Nc1sc2c(c1C(=O)OC(C)C)CC[C@H](C)C2. The van der Waals surface area contributed by atoms with Gasteiger partial charge in [0.15, 0.2) is 6.61 Å². The Balaban J connectivity index is 1.76. The molecule has 1 aromatic carbocycles. The topological polar surface area (TPSA) is 64.6 Å². The average molecular weight is 436 g/mol. The molecule has 1 N–H and O–H groups in total. The van der Waals surface area contributed by atoms with Crippen LogP contribution in [0, 0.1) is 12.8 Å². The molecule has 7 heteroatoms. The molecule has 0 radical (unpaired) electrons. The molecule has 1 aliphatic carbocycles. The molecule has 0 saturated heterocycles. The molecule has 5 nitrogen and oxygen atoms in total. The van der Waals surface area contributed by atoms with Crippen LogP contribution in [0.3, 0.4) is 0 Å². The Morgan fingerprint density at radius 1 is 1.34 bits per heavy atom. The Morgan fingerprint density at radius 3 is 2.79 bits per heavy atom. The van der Waals surface area contributed by atoms with Gasteiger partial charge in [0.2, 0.25) is 0 Å². The minimum absolute atomic E-state index is 0.153. The molecule has 0 bridgehead atoms. The highest BCUT2D eigenvalue weighted by atomic mass is 35.5. The first-order valence-corrected chi connectivity index (χ1v) is 11.0. The number of nitrogens with one attached hydrogen (secondary N) is 1. The number of benzene rings is 1. The Hall–Kier alpha value is -2.05. The number of rotatable bonds is 6. The van der Waals surface area contributed by atoms with Crippen LogP contribution in [0.5, 0.6) is 5.75 Å². The van der Waals surface area contributed by atoms with Crippen molar-refractivity contribution in [3.63, 3.8) is 0 Å². The number of anilines is 1. The van der Waals surface area contributed by atoms with Crippen LogP contribution in [0.1, 0.15) is 53.6 Å². The van der Waals surface area contributed by atoms with E-state index in [1.807, 2.05) is 20.8 Å². The van der Waals surface area contributed by atoms with E-state index in [1.165, 1.54) is 11.3 Å². The highest BCUT2D eigenvalue weighted by Gasteiger charge is 2.29. The first-order chi connectivity index (χ1) is 13.7. The second-order valence-electron chi connectivity index (χ2n) is 7.76. The zero-order chi connectivity index (χ0) is 21.1. The number of thiophene rings is 1. The number of amides is 1. The van der Waals surface area contributed by atoms with Crippen LogP contribution >= 0.6 is 22.9 Å². The Labute approximate surface area is 180 Å². The molecule has 1 aliphatic rings. The van der Waals surface area contributed by atoms with Crippen molar-refractivity contribution in [3.8, 4) is 5.75 Å². The van der Waals surface area contributed by atoms with Gasteiger partial charge in [-0.3, -0.25) is 4.79 Å². The summed E-state index contributed by atoms with van der Waals surface area (Å²) >= 11 is 7.42. The second-order valence-corrected chi connectivity index (χ2v) is 9.30. The molecule has 1 amide bonds. The summed E-state index contributed by atoms with van der Waals surface area (Å²) in [5.74, 6) is 0.472. The third-order valence-electron chi connectivity index (χ3n) is 4.81. The summed E-state index contributed by atoms with van der Waals surface area (Å²) < 4.78 is 11.1. The van der Waals surface area contributed by atoms with E-state index in [-0.39, 0.29) is 24.6 Å². The van der Waals surface area contributed by atoms with Crippen LogP contribution in [-0.2, 0) is 22.4 Å². The number of carbonyl (C=O) groups excluding carboxylic acids is 2. The van der Waals surface area contributed by atoms with Gasteiger partial charge < -0.3 is 14.8 Å². The number of ether oxygens (including phenoxy) is 2. The molecule has 0 spiro atoms. The van der Waals surface area contributed by atoms with Crippen molar-refractivity contribution in [2.24, 2.45) is 5.92 Å². The van der Waals surface area contributed by atoms with Crippen molar-refractivity contribution in [2.45, 2.75) is 53.1 Å². The van der Waals surface area contributed by atoms with Gasteiger partial charge in [0, 0.05) is 9.90 Å². The van der Waals surface area contributed by atoms with Gasteiger partial charge in [0.1, 0.15) is 10.8 Å².